The number of nitrogens with two attached hydrogens (primary N) is 1. The van der Waals surface area contributed by atoms with Crippen molar-refractivity contribution in [3.05, 3.63) is 42.2 Å². The average Bonchev–Trinajstić information content (AvgIpc) is 2.53. The molecule has 3 N–H and O–H groups in total. The summed E-state index contributed by atoms with van der Waals surface area (Å²) >= 11 is 0. The Morgan fingerprint density at radius 3 is 2.82 bits per heavy atom. The number of primary amides is 1. The van der Waals surface area contributed by atoms with E-state index in [1.54, 1.807) is 6.20 Å². The van der Waals surface area contributed by atoms with E-state index in [9.17, 15) is 14.7 Å². The Morgan fingerprint density at radius 2 is 2.05 bits per heavy atom. The summed E-state index contributed by atoms with van der Waals surface area (Å²) in [5.41, 5.74) is 4.07. The van der Waals surface area contributed by atoms with Crippen LogP contribution in [0.1, 0.15) is 23.2 Å². The van der Waals surface area contributed by atoms with Crippen molar-refractivity contribution in [1.29, 1.82) is 0 Å². The van der Waals surface area contributed by atoms with Crippen LogP contribution in [0.3, 0.4) is 0 Å². The van der Waals surface area contributed by atoms with Crippen LogP contribution in [0.2, 0.25) is 0 Å². The molecule has 1 aliphatic heterocycles. The van der Waals surface area contributed by atoms with Gasteiger partial charge in [0.1, 0.15) is 0 Å². The lowest BCUT2D eigenvalue weighted by atomic mass is 9.91. The number of nitrogens with zero attached hydrogens (tertiary/aromatic N) is 2. The molecule has 22 heavy (non-hydrogen) atoms. The van der Waals surface area contributed by atoms with Crippen LogP contribution in [0.15, 0.2) is 36.7 Å². The molecule has 1 saturated heterocycles. The van der Waals surface area contributed by atoms with E-state index in [1.165, 1.54) is 11.1 Å². The largest absolute Gasteiger partial charge is 0.378 e. The number of aliphatic hydroxyl groups is 1. The topological polar surface area (TPSA) is 96.5 Å². The molecule has 0 radical (unpaired) electrons. The van der Waals surface area contributed by atoms with Gasteiger partial charge in [-0.25, -0.2) is 0 Å². The fraction of sp³-hybridized carbons (Fsp3) is 0.312. The molecule has 1 atom stereocenters. The molecule has 1 aliphatic rings. The quantitative estimate of drug-likeness (QED) is 0.852. The van der Waals surface area contributed by atoms with Gasteiger partial charge >= 0.3 is 0 Å². The minimum atomic E-state index is -1.65. The maximum atomic E-state index is 12.7. The molecule has 0 saturated carbocycles. The summed E-state index contributed by atoms with van der Waals surface area (Å²) in [6.45, 7) is 0.405. The molecule has 114 valence electrons. The minimum absolute atomic E-state index is 0.0790. The smallest absolute Gasteiger partial charge is 0.256 e. The Balaban J connectivity index is 1.94. The third-order valence-electron chi connectivity index (χ3n) is 4.12. The van der Waals surface area contributed by atoms with Gasteiger partial charge in [-0.05, 0) is 18.2 Å². The highest BCUT2D eigenvalue weighted by atomic mass is 16.3. The molecule has 1 aromatic heterocycles. The molecule has 1 fully saturated rings. The lowest BCUT2D eigenvalue weighted by Crippen LogP contribution is -2.57. The van der Waals surface area contributed by atoms with Crippen molar-refractivity contribution >= 4 is 22.6 Å². The Morgan fingerprint density at radius 1 is 1.27 bits per heavy atom. The standard InChI is InChI=1S/C16H17N3O3/c17-15(21)16(22)6-3-7-19(10-16)14(20)13-9-18-8-11-4-1-2-5-12(11)13/h1-2,4-5,8-9,22H,3,6-7,10H2,(H2,17,21)/t16-/m1/s1. The Labute approximate surface area is 127 Å². The van der Waals surface area contributed by atoms with Crippen LogP contribution < -0.4 is 5.73 Å². The second kappa shape index (κ2) is 5.38. The van der Waals surface area contributed by atoms with E-state index in [-0.39, 0.29) is 18.9 Å². The van der Waals surface area contributed by atoms with E-state index in [2.05, 4.69) is 4.98 Å². The van der Waals surface area contributed by atoms with Gasteiger partial charge in [-0.3, -0.25) is 14.6 Å². The molecular weight excluding hydrogens is 282 g/mol. The second-order valence-corrected chi connectivity index (χ2v) is 5.63. The molecule has 6 nitrogen and oxygen atoms in total. The predicted molar refractivity (Wildman–Crippen MR) is 81.0 cm³/mol. The van der Waals surface area contributed by atoms with E-state index < -0.39 is 11.5 Å². The average molecular weight is 299 g/mol. The first-order valence-corrected chi connectivity index (χ1v) is 7.15. The Bertz CT molecular complexity index is 741. The van der Waals surface area contributed by atoms with Crippen molar-refractivity contribution in [2.24, 2.45) is 5.73 Å². The summed E-state index contributed by atoms with van der Waals surface area (Å²) in [5.74, 6) is -1.04. The predicted octanol–water partition coefficient (Wildman–Crippen LogP) is 0.687. The van der Waals surface area contributed by atoms with Gasteiger partial charge in [-0.15, -0.1) is 0 Å². The lowest BCUT2D eigenvalue weighted by Gasteiger charge is -2.37. The first-order chi connectivity index (χ1) is 10.5. The third kappa shape index (κ3) is 2.42. The summed E-state index contributed by atoms with van der Waals surface area (Å²) in [6, 6.07) is 7.48. The zero-order valence-electron chi connectivity index (χ0n) is 12.0. The molecule has 6 heteroatoms. The van der Waals surface area contributed by atoms with E-state index in [4.69, 9.17) is 5.73 Å². The molecule has 0 spiro atoms. The maximum Gasteiger partial charge on any atom is 0.256 e. The second-order valence-electron chi connectivity index (χ2n) is 5.63. The molecule has 3 rings (SSSR count). The van der Waals surface area contributed by atoms with Gasteiger partial charge in [0.25, 0.3) is 11.8 Å². The zero-order valence-corrected chi connectivity index (χ0v) is 12.0. The molecule has 1 aromatic carbocycles. The highest BCUT2D eigenvalue weighted by Gasteiger charge is 2.40. The van der Waals surface area contributed by atoms with E-state index in [0.29, 0.717) is 18.5 Å². The Kier molecular flexibility index (Phi) is 3.54. The molecule has 0 bridgehead atoms. The number of benzene rings is 1. The number of pyridine rings is 1. The van der Waals surface area contributed by atoms with E-state index in [1.807, 2.05) is 24.3 Å². The monoisotopic (exact) mass is 299 g/mol. The van der Waals surface area contributed by atoms with E-state index >= 15 is 0 Å². The normalized spacial score (nSPS) is 21.8. The maximum absolute atomic E-state index is 12.7. The fourth-order valence-electron chi connectivity index (χ4n) is 2.87. The van der Waals surface area contributed by atoms with Crippen LogP contribution >= 0.6 is 0 Å². The number of amides is 2. The summed E-state index contributed by atoms with van der Waals surface area (Å²) < 4.78 is 0. The van der Waals surface area contributed by atoms with Crippen LogP contribution in [0, 0.1) is 0 Å². The van der Waals surface area contributed by atoms with Gasteiger partial charge in [0.05, 0.1) is 12.1 Å². The van der Waals surface area contributed by atoms with Crippen molar-refractivity contribution in [3.63, 3.8) is 0 Å². The van der Waals surface area contributed by atoms with Crippen molar-refractivity contribution in [1.82, 2.24) is 9.88 Å². The van der Waals surface area contributed by atoms with Gasteiger partial charge in [0.15, 0.2) is 5.60 Å². The number of aromatic nitrogens is 1. The van der Waals surface area contributed by atoms with Crippen LogP contribution in [-0.2, 0) is 4.79 Å². The van der Waals surface area contributed by atoms with E-state index in [0.717, 1.165) is 10.8 Å². The molecule has 0 unspecified atom stereocenters. The SMILES string of the molecule is NC(=O)[C@@]1(O)CCCN(C(=O)c2cncc3ccccc23)C1. The van der Waals surface area contributed by atoms with Gasteiger partial charge in [0, 0.05) is 24.3 Å². The zero-order chi connectivity index (χ0) is 15.7. The first-order valence-electron chi connectivity index (χ1n) is 7.15. The van der Waals surface area contributed by atoms with Crippen LogP contribution in [0.25, 0.3) is 10.8 Å². The summed E-state index contributed by atoms with van der Waals surface area (Å²) in [5, 5.41) is 11.9. The van der Waals surface area contributed by atoms with Crippen molar-refractivity contribution < 1.29 is 14.7 Å². The number of carbonyl (C=O) groups is 2. The lowest BCUT2D eigenvalue weighted by molar-refractivity contribution is -0.140. The van der Waals surface area contributed by atoms with Crippen molar-refractivity contribution in [2.45, 2.75) is 18.4 Å². The van der Waals surface area contributed by atoms with Crippen LogP contribution in [-0.4, -0.2) is 45.5 Å². The highest BCUT2D eigenvalue weighted by Crippen LogP contribution is 2.24. The fourth-order valence-corrected chi connectivity index (χ4v) is 2.87. The summed E-state index contributed by atoms with van der Waals surface area (Å²) in [7, 11) is 0. The highest BCUT2D eigenvalue weighted by molar-refractivity contribution is 6.06. The molecule has 2 aromatic rings. The third-order valence-corrected chi connectivity index (χ3v) is 4.12. The number of piperidine rings is 1. The summed E-state index contributed by atoms with van der Waals surface area (Å²) in [6.07, 6.45) is 4.02. The van der Waals surface area contributed by atoms with Crippen LogP contribution in [0.4, 0.5) is 0 Å². The number of hydrogen-bond acceptors (Lipinski definition) is 4. The Hall–Kier alpha value is -2.47. The molecule has 2 heterocycles. The number of carbonyl (C=O) groups excluding carboxylic acids is 2. The van der Waals surface area contributed by atoms with Gasteiger partial charge in [-0.1, -0.05) is 24.3 Å². The number of likely N-dealkylation sites (tertiary alicyclic amines) is 1. The van der Waals surface area contributed by atoms with Crippen molar-refractivity contribution in [3.8, 4) is 0 Å². The molecule has 0 aliphatic carbocycles. The number of rotatable bonds is 2. The number of fused-ring (bicyclic) bond motifs is 1. The number of hydrogen-bond donors (Lipinski definition) is 2. The molecular formula is C16H17N3O3. The van der Waals surface area contributed by atoms with Crippen molar-refractivity contribution in [2.75, 3.05) is 13.1 Å². The minimum Gasteiger partial charge on any atom is -0.378 e. The molecule has 2 amide bonds. The van der Waals surface area contributed by atoms with Gasteiger partial charge in [-0.2, -0.15) is 0 Å². The first kappa shape index (κ1) is 14.5. The van der Waals surface area contributed by atoms with Gasteiger partial charge < -0.3 is 15.7 Å². The van der Waals surface area contributed by atoms with Crippen LogP contribution in [0.5, 0.6) is 0 Å². The van der Waals surface area contributed by atoms with Gasteiger partial charge in [0.2, 0.25) is 0 Å². The number of β-amino-alcohol motifs (C(OH)–C–C–N with tert-alkyl or cyclic N) is 1. The summed E-state index contributed by atoms with van der Waals surface area (Å²) in [4.78, 5) is 29.7.